The van der Waals surface area contributed by atoms with Crippen molar-refractivity contribution in [3.8, 4) is 0 Å². The number of hydrazine groups is 1. The maximum absolute atomic E-state index is 10.7. The molecule has 4 N–H and O–H groups in total. The van der Waals surface area contributed by atoms with Gasteiger partial charge in [0.05, 0.1) is 5.60 Å². The maximum Gasteiger partial charge on any atom is 0.0836 e. The van der Waals surface area contributed by atoms with Crippen molar-refractivity contribution in [3.05, 3.63) is 34.9 Å². The number of hydrogen-bond donors (Lipinski definition) is 3. The van der Waals surface area contributed by atoms with Crippen LogP contribution in [0.3, 0.4) is 0 Å². The molecule has 0 aromatic heterocycles. The van der Waals surface area contributed by atoms with Crippen molar-refractivity contribution in [1.82, 2.24) is 5.43 Å². The van der Waals surface area contributed by atoms with Crippen LogP contribution in [0.5, 0.6) is 0 Å². The van der Waals surface area contributed by atoms with E-state index in [-0.39, 0.29) is 5.41 Å². The van der Waals surface area contributed by atoms with Crippen LogP contribution in [0.1, 0.15) is 32.8 Å². The van der Waals surface area contributed by atoms with E-state index in [9.17, 15) is 5.11 Å². The minimum atomic E-state index is -0.832. The molecule has 0 heterocycles. The van der Waals surface area contributed by atoms with Gasteiger partial charge in [-0.05, 0) is 36.0 Å². The molecule has 0 spiro atoms. The predicted octanol–water partition coefficient (Wildman–Crippen LogP) is 2.51. The molecule has 0 bridgehead atoms. The van der Waals surface area contributed by atoms with Gasteiger partial charge < -0.3 is 5.11 Å². The van der Waals surface area contributed by atoms with E-state index in [0.717, 1.165) is 11.4 Å². The first kappa shape index (κ1) is 15.4. The van der Waals surface area contributed by atoms with Crippen molar-refractivity contribution >= 4 is 11.6 Å². The van der Waals surface area contributed by atoms with E-state index in [1.807, 2.05) is 45.0 Å². The van der Waals surface area contributed by atoms with Crippen molar-refractivity contribution in [2.75, 3.05) is 6.54 Å². The molecule has 1 unspecified atom stereocenters. The topological polar surface area (TPSA) is 58.3 Å². The molecule has 0 aliphatic carbocycles. The van der Waals surface area contributed by atoms with Crippen molar-refractivity contribution in [2.45, 2.75) is 39.2 Å². The standard InChI is InChI=1S/C14H23ClN2O/c1-13(2,3)14(18,10-17-16)9-8-11-4-6-12(15)7-5-11/h4-7,17-18H,8-10,16H2,1-3H3. The third-order valence-corrected chi connectivity index (χ3v) is 3.78. The van der Waals surface area contributed by atoms with E-state index in [4.69, 9.17) is 17.4 Å². The van der Waals surface area contributed by atoms with E-state index in [1.54, 1.807) is 0 Å². The molecule has 3 nitrogen and oxygen atoms in total. The molecule has 0 aliphatic rings. The number of nitrogens with two attached hydrogens (primary N) is 1. The molecule has 1 rings (SSSR count). The zero-order chi connectivity index (χ0) is 13.8. The molecule has 1 aromatic rings. The van der Waals surface area contributed by atoms with Crippen molar-refractivity contribution < 1.29 is 5.11 Å². The van der Waals surface area contributed by atoms with Gasteiger partial charge >= 0.3 is 0 Å². The molecule has 0 aliphatic heterocycles. The van der Waals surface area contributed by atoms with Gasteiger partial charge in [-0.2, -0.15) is 0 Å². The predicted molar refractivity (Wildman–Crippen MR) is 76.4 cm³/mol. The summed E-state index contributed by atoms with van der Waals surface area (Å²) in [6, 6.07) is 7.71. The van der Waals surface area contributed by atoms with Gasteiger partial charge in [-0.25, -0.2) is 0 Å². The lowest BCUT2D eigenvalue weighted by Crippen LogP contribution is -2.52. The molecular weight excluding hydrogens is 248 g/mol. The summed E-state index contributed by atoms with van der Waals surface area (Å²) in [7, 11) is 0. The summed E-state index contributed by atoms with van der Waals surface area (Å²) in [5.41, 5.74) is 2.69. The second kappa shape index (κ2) is 6.02. The molecule has 102 valence electrons. The fourth-order valence-corrected chi connectivity index (χ4v) is 2.03. The number of aliphatic hydroxyl groups is 1. The largest absolute Gasteiger partial charge is 0.388 e. The second-order valence-electron chi connectivity index (χ2n) is 5.79. The lowest BCUT2D eigenvalue weighted by molar-refractivity contribution is -0.0622. The summed E-state index contributed by atoms with van der Waals surface area (Å²) in [4.78, 5) is 0. The quantitative estimate of drug-likeness (QED) is 0.569. The Morgan fingerprint density at radius 1 is 1.22 bits per heavy atom. The zero-order valence-electron chi connectivity index (χ0n) is 11.3. The highest BCUT2D eigenvalue weighted by molar-refractivity contribution is 6.30. The van der Waals surface area contributed by atoms with Crippen LogP contribution in [0.25, 0.3) is 0 Å². The van der Waals surface area contributed by atoms with Gasteiger partial charge in [-0.1, -0.05) is 44.5 Å². The normalized spacial score (nSPS) is 15.4. The van der Waals surface area contributed by atoms with Gasteiger partial charge in [0.2, 0.25) is 0 Å². The molecule has 0 amide bonds. The summed E-state index contributed by atoms with van der Waals surface area (Å²) in [6.07, 6.45) is 1.45. The number of aryl methyl sites for hydroxylation is 1. The number of rotatable bonds is 5. The zero-order valence-corrected chi connectivity index (χ0v) is 12.1. The maximum atomic E-state index is 10.7. The third kappa shape index (κ3) is 3.95. The minimum absolute atomic E-state index is 0.230. The fourth-order valence-electron chi connectivity index (χ4n) is 1.90. The smallest absolute Gasteiger partial charge is 0.0836 e. The van der Waals surface area contributed by atoms with Crippen LogP contribution in [0, 0.1) is 5.41 Å². The molecule has 1 aromatic carbocycles. The van der Waals surface area contributed by atoms with Crippen LogP contribution in [-0.4, -0.2) is 17.3 Å². The van der Waals surface area contributed by atoms with Gasteiger partial charge in [0, 0.05) is 11.6 Å². The monoisotopic (exact) mass is 270 g/mol. The number of hydrogen-bond acceptors (Lipinski definition) is 3. The Bertz CT molecular complexity index is 372. The summed E-state index contributed by atoms with van der Waals surface area (Å²) >= 11 is 5.85. The first-order valence-electron chi connectivity index (χ1n) is 6.19. The molecule has 0 radical (unpaired) electrons. The summed E-state index contributed by atoms with van der Waals surface area (Å²) in [6.45, 7) is 6.44. The molecule has 0 fully saturated rings. The van der Waals surface area contributed by atoms with Crippen LogP contribution < -0.4 is 11.3 Å². The Balaban J connectivity index is 2.71. The molecule has 1 atom stereocenters. The van der Waals surface area contributed by atoms with Gasteiger partial charge in [-0.15, -0.1) is 0 Å². The molecule has 0 saturated carbocycles. The second-order valence-corrected chi connectivity index (χ2v) is 6.23. The van der Waals surface area contributed by atoms with Crippen LogP contribution in [0.15, 0.2) is 24.3 Å². The van der Waals surface area contributed by atoms with E-state index in [0.29, 0.717) is 13.0 Å². The third-order valence-electron chi connectivity index (χ3n) is 3.53. The first-order valence-corrected chi connectivity index (χ1v) is 6.56. The summed E-state index contributed by atoms with van der Waals surface area (Å²) in [5, 5.41) is 11.4. The van der Waals surface area contributed by atoms with E-state index >= 15 is 0 Å². The molecule has 4 heteroatoms. The van der Waals surface area contributed by atoms with Gasteiger partial charge in [-0.3, -0.25) is 11.3 Å². The number of halogens is 1. The lowest BCUT2D eigenvalue weighted by atomic mass is 9.73. The minimum Gasteiger partial charge on any atom is -0.388 e. The molecule has 18 heavy (non-hydrogen) atoms. The van der Waals surface area contributed by atoms with Gasteiger partial charge in [0.25, 0.3) is 0 Å². The Hall–Kier alpha value is -0.610. The first-order chi connectivity index (χ1) is 8.28. The molecular formula is C14H23ClN2O. The number of benzene rings is 1. The Morgan fingerprint density at radius 3 is 2.22 bits per heavy atom. The average molecular weight is 271 g/mol. The van der Waals surface area contributed by atoms with Crippen LogP contribution >= 0.6 is 11.6 Å². The van der Waals surface area contributed by atoms with Crippen LogP contribution in [0.4, 0.5) is 0 Å². The average Bonchev–Trinajstić information content (AvgIpc) is 2.27. The summed E-state index contributed by atoms with van der Waals surface area (Å²) in [5.74, 6) is 5.37. The highest BCUT2D eigenvalue weighted by Gasteiger charge is 2.38. The van der Waals surface area contributed by atoms with Crippen molar-refractivity contribution in [1.29, 1.82) is 0 Å². The number of nitrogens with one attached hydrogen (secondary N) is 1. The van der Waals surface area contributed by atoms with Gasteiger partial charge in [0.15, 0.2) is 0 Å². The Labute approximate surface area is 114 Å². The highest BCUT2D eigenvalue weighted by Crippen LogP contribution is 2.33. The van der Waals surface area contributed by atoms with Crippen molar-refractivity contribution in [3.63, 3.8) is 0 Å². The van der Waals surface area contributed by atoms with Crippen LogP contribution in [-0.2, 0) is 6.42 Å². The lowest BCUT2D eigenvalue weighted by Gasteiger charge is -2.40. The Morgan fingerprint density at radius 2 is 1.78 bits per heavy atom. The Kier molecular flexibility index (Phi) is 5.17. The summed E-state index contributed by atoms with van der Waals surface area (Å²) < 4.78 is 0. The molecule has 0 saturated heterocycles. The van der Waals surface area contributed by atoms with Crippen LogP contribution in [0.2, 0.25) is 5.02 Å². The van der Waals surface area contributed by atoms with E-state index in [1.165, 1.54) is 5.56 Å². The van der Waals surface area contributed by atoms with Gasteiger partial charge in [0.1, 0.15) is 0 Å². The van der Waals surface area contributed by atoms with E-state index in [2.05, 4.69) is 5.43 Å². The van der Waals surface area contributed by atoms with Crippen molar-refractivity contribution in [2.24, 2.45) is 11.3 Å². The fraction of sp³-hybridized carbons (Fsp3) is 0.571. The van der Waals surface area contributed by atoms with E-state index < -0.39 is 5.60 Å². The highest BCUT2D eigenvalue weighted by atomic mass is 35.5. The SMILES string of the molecule is CC(C)(C)C(O)(CCc1ccc(Cl)cc1)CNN.